The summed E-state index contributed by atoms with van der Waals surface area (Å²) in [5.74, 6) is -1.57. The lowest BCUT2D eigenvalue weighted by atomic mass is 10.1. The van der Waals surface area contributed by atoms with Gasteiger partial charge in [-0.3, -0.25) is 14.4 Å². The summed E-state index contributed by atoms with van der Waals surface area (Å²) in [4.78, 5) is 41.5. The van der Waals surface area contributed by atoms with Gasteiger partial charge < -0.3 is 25.5 Å². The van der Waals surface area contributed by atoms with Crippen molar-refractivity contribution in [1.82, 2.24) is 15.3 Å². The Morgan fingerprint density at radius 3 is 2.53 bits per heavy atom. The van der Waals surface area contributed by atoms with Crippen molar-refractivity contribution in [2.75, 3.05) is 6.54 Å². The second-order valence-electron chi connectivity index (χ2n) is 7.05. The number of carbonyl (C=O) groups excluding carboxylic acids is 1. The Labute approximate surface area is 170 Å². The fourth-order valence-corrected chi connectivity index (χ4v) is 3.35. The van der Waals surface area contributed by atoms with Gasteiger partial charge in [-0.15, -0.1) is 0 Å². The number of rotatable bonds is 6. The Balaban J connectivity index is 1.60. The summed E-state index contributed by atoms with van der Waals surface area (Å²) in [5.41, 5.74) is 2.69. The van der Waals surface area contributed by atoms with E-state index in [9.17, 15) is 19.5 Å². The van der Waals surface area contributed by atoms with Gasteiger partial charge in [0.1, 0.15) is 0 Å². The van der Waals surface area contributed by atoms with Gasteiger partial charge in [-0.2, -0.15) is 0 Å². The Morgan fingerprint density at radius 1 is 0.967 bits per heavy atom. The van der Waals surface area contributed by atoms with Gasteiger partial charge in [0.25, 0.3) is 11.5 Å². The summed E-state index contributed by atoms with van der Waals surface area (Å²) >= 11 is 0. The van der Waals surface area contributed by atoms with Crippen LogP contribution >= 0.6 is 0 Å². The molecule has 5 N–H and O–H groups in total. The van der Waals surface area contributed by atoms with E-state index < -0.39 is 24.4 Å². The molecular formula is C22H19N3O5. The summed E-state index contributed by atoms with van der Waals surface area (Å²) in [6.45, 7) is -0.161. The quantitative estimate of drug-likeness (QED) is 0.335. The zero-order valence-corrected chi connectivity index (χ0v) is 15.8. The molecule has 152 valence electrons. The number of pyridine rings is 1. The van der Waals surface area contributed by atoms with E-state index in [4.69, 9.17) is 5.11 Å². The summed E-state index contributed by atoms with van der Waals surface area (Å²) in [7, 11) is 0. The van der Waals surface area contributed by atoms with Gasteiger partial charge in [-0.1, -0.05) is 24.3 Å². The number of carboxylic acid groups (broad SMARTS) is 1. The third kappa shape index (κ3) is 3.94. The summed E-state index contributed by atoms with van der Waals surface area (Å²) < 4.78 is 0. The highest BCUT2D eigenvalue weighted by Gasteiger charge is 2.14. The van der Waals surface area contributed by atoms with Crippen LogP contribution in [0.5, 0.6) is 0 Å². The average molecular weight is 405 g/mol. The lowest BCUT2D eigenvalue weighted by Gasteiger charge is -2.09. The number of H-pyrrole nitrogens is 2. The second-order valence-corrected chi connectivity index (χ2v) is 7.05. The molecular weight excluding hydrogens is 386 g/mol. The highest BCUT2D eigenvalue weighted by Crippen LogP contribution is 2.24. The van der Waals surface area contributed by atoms with Gasteiger partial charge in [0.15, 0.2) is 0 Å². The number of aromatic nitrogens is 2. The number of benzene rings is 2. The van der Waals surface area contributed by atoms with Gasteiger partial charge >= 0.3 is 5.97 Å². The molecule has 4 rings (SSSR count). The van der Waals surface area contributed by atoms with Crippen molar-refractivity contribution in [1.29, 1.82) is 0 Å². The molecule has 0 saturated carbocycles. The number of para-hydroxylation sites is 1. The first kappa shape index (κ1) is 19.4. The van der Waals surface area contributed by atoms with Crippen LogP contribution in [0.2, 0.25) is 0 Å². The minimum Gasteiger partial charge on any atom is -0.481 e. The smallest absolute Gasteiger partial charge is 0.306 e. The van der Waals surface area contributed by atoms with Gasteiger partial charge in [0, 0.05) is 28.5 Å². The van der Waals surface area contributed by atoms with Crippen LogP contribution in [0.15, 0.2) is 59.4 Å². The molecule has 0 aliphatic rings. The van der Waals surface area contributed by atoms with Crippen molar-refractivity contribution in [2.24, 2.45) is 0 Å². The predicted molar refractivity (Wildman–Crippen MR) is 112 cm³/mol. The number of aliphatic hydroxyl groups excluding tert-OH is 1. The molecule has 0 saturated heterocycles. The number of hydrogen-bond donors (Lipinski definition) is 5. The van der Waals surface area contributed by atoms with Crippen LogP contribution in [0.3, 0.4) is 0 Å². The molecule has 4 aromatic rings. The Hall–Kier alpha value is -3.91. The number of hydrogen-bond acceptors (Lipinski definition) is 4. The Bertz CT molecular complexity index is 1320. The van der Waals surface area contributed by atoms with E-state index in [1.54, 1.807) is 18.2 Å². The van der Waals surface area contributed by atoms with Crippen molar-refractivity contribution < 1.29 is 19.8 Å². The number of aromatic amines is 2. The molecule has 1 unspecified atom stereocenters. The van der Waals surface area contributed by atoms with Crippen molar-refractivity contribution >= 4 is 33.7 Å². The minimum absolute atomic E-state index is 0.161. The number of fused-ring (bicyclic) bond motifs is 2. The normalized spacial score (nSPS) is 12.2. The molecule has 0 aliphatic carbocycles. The molecule has 0 radical (unpaired) electrons. The van der Waals surface area contributed by atoms with E-state index in [0.29, 0.717) is 22.3 Å². The molecule has 1 amide bonds. The lowest BCUT2D eigenvalue weighted by molar-refractivity contribution is -0.139. The number of amides is 1. The SMILES string of the molecule is O=C(O)CC(O)CNC(=O)c1ccc2cc(-c3cc4ccccc4[nH]c3=O)[nH]c2c1. The molecule has 0 aliphatic heterocycles. The topological polar surface area (TPSA) is 135 Å². The second kappa shape index (κ2) is 7.84. The highest BCUT2D eigenvalue weighted by molar-refractivity contribution is 5.99. The molecule has 1 atom stereocenters. The van der Waals surface area contributed by atoms with Crippen LogP contribution in [0.1, 0.15) is 16.8 Å². The van der Waals surface area contributed by atoms with Crippen molar-refractivity contribution in [2.45, 2.75) is 12.5 Å². The van der Waals surface area contributed by atoms with Gasteiger partial charge in [-0.05, 0) is 35.7 Å². The predicted octanol–water partition coefficient (Wildman–Crippen LogP) is 2.24. The average Bonchev–Trinajstić information content (AvgIpc) is 3.14. The van der Waals surface area contributed by atoms with E-state index in [2.05, 4.69) is 15.3 Å². The third-order valence-corrected chi connectivity index (χ3v) is 4.84. The van der Waals surface area contributed by atoms with Crippen molar-refractivity contribution in [3.05, 3.63) is 70.5 Å². The van der Waals surface area contributed by atoms with E-state index in [1.807, 2.05) is 36.4 Å². The monoisotopic (exact) mass is 405 g/mol. The molecule has 2 heterocycles. The van der Waals surface area contributed by atoms with Gasteiger partial charge in [-0.25, -0.2) is 0 Å². The third-order valence-electron chi connectivity index (χ3n) is 4.84. The standard InChI is InChI=1S/C22H19N3O5/c26-15(10-20(27)28)11-23-21(29)14-6-5-13-8-19(24-18(13)9-14)16-7-12-3-1-2-4-17(12)25-22(16)30/h1-9,15,24,26H,10-11H2,(H,23,29)(H,25,30)(H,27,28). The molecule has 8 heteroatoms. The van der Waals surface area contributed by atoms with Gasteiger partial charge in [0.05, 0.1) is 23.8 Å². The molecule has 2 aromatic carbocycles. The van der Waals surface area contributed by atoms with E-state index in [-0.39, 0.29) is 12.1 Å². The van der Waals surface area contributed by atoms with Gasteiger partial charge in [0.2, 0.25) is 0 Å². The minimum atomic E-state index is -1.16. The number of carbonyl (C=O) groups is 2. The molecule has 0 spiro atoms. The van der Waals surface area contributed by atoms with Crippen LogP contribution in [0, 0.1) is 0 Å². The maximum absolute atomic E-state index is 12.5. The Kier molecular flexibility index (Phi) is 5.07. The first-order chi connectivity index (χ1) is 14.4. The summed E-state index contributed by atoms with van der Waals surface area (Å²) in [5, 5.41) is 22.5. The van der Waals surface area contributed by atoms with Crippen LogP contribution < -0.4 is 10.9 Å². The molecule has 8 nitrogen and oxygen atoms in total. The van der Waals surface area contributed by atoms with Crippen LogP contribution in [0.4, 0.5) is 0 Å². The van der Waals surface area contributed by atoms with Crippen LogP contribution in [-0.2, 0) is 4.79 Å². The highest BCUT2D eigenvalue weighted by atomic mass is 16.4. The summed E-state index contributed by atoms with van der Waals surface area (Å²) in [6.07, 6.45) is -1.61. The fourth-order valence-electron chi connectivity index (χ4n) is 3.35. The molecule has 0 bridgehead atoms. The zero-order valence-electron chi connectivity index (χ0n) is 15.8. The zero-order chi connectivity index (χ0) is 21.3. The maximum atomic E-state index is 12.5. The first-order valence-electron chi connectivity index (χ1n) is 9.34. The number of nitrogens with one attached hydrogen (secondary N) is 3. The number of carboxylic acids is 1. The van der Waals surface area contributed by atoms with E-state index in [1.165, 1.54) is 0 Å². The van der Waals surface area contributed by atoms with Crippen molar-refractivity contribution in [3.63, 3.8) is 0 Å². The lowest BCUT2D eigenvalue weighted by Crippen LogP contribution is -2.33. The maximum Gasteiger partial charge on any atom is 0.306 e. The van der Waals surface area contributed by atoms with Crippen LogP contribution in [0.25, 0.3) is 33.1 Å². The van der Waals surface area contributed by atoms with Crippen molar-refractivity contribution in [3.8, 4) is 11.3 Å². The summed E-state index contributed by atoms with van der Waals surface area (Å²) in [6, 6.07) is 16.2. The molecule has 2 aromatic heterocycles. The van der Waals surface area contributed by atoms with E-state index in [0.717, 1.165) is 16.3 Å². The largest absolute Gasteiger partial charge is 0.481 e. The number of aliphatic hydroxyl groups is 1. The van der Waals surface area contributed by atoms with Crippen LogP contribution in [-0.4, -0.2) is 44.7 Å². The Morgan fingerprint density at radius 2 is 1.73 bits per heavy atom. The molecule has 30 heavy (non-hydrogen) atoms. The molecule has 0 fully saturated rings. The number of aliphatic carboxylic acids is 1. The first-order valence-corrected chi connectivity index (χ1v) is 9.34. The fraction of sp³-hybridized carbons (Fsp3) is 0.136. The van der Waals surface area contributed by atoms with E-state index >= 15 is 0 Å².